The Morgan fingerprint density at radius 2 is 2.38 bits per heavy atom. The van der Waals surface area contributed by atoms with Crippen LogP contribution in [-0.2, 0) is 0 Å². The normalized spacial score (nSPS) is 9.62. The number of hydrogen-bond donors (Lipinski definition) is 1. The molecule has 1 aromatic heterocycles. The van der Waals surface area contributed by atoms with Crippen molar-refractivity contribution in [2.45, 2.75) is 6.92 Å². The number of aryl methyl sites for hydroxylation is 1. The van der Waals surface area contributed by atoms with Crippen LogP contribution in [0.25, 0.3) is 0 Å². The van der Waals surface area contributed by atoms with Crippen LogP contribution in [0.1, 0.15) is 5.69 Å². The zero-order valence-electron chi connectivity index (χ0n) is 4.22. The van der Waals surface area contributed by atoms with Crippen LogP contribution in [0.3, 0.4) is 0 Å². The predicted octanol–water partition coefficient (Wildman–Crippen LogP) is 1.19. The fourth-order valence-electron chi connectivity index (χ4n) is 0.390. The topological polar surface area (TPSA) is 38.8 Å². The number of rotatable bonds is 0. The minimum absolute atomic E-state index is 0.0370. The first-order chi connectivity index (χ1) is 3.70. The molecular formula is C4H4NOS2-. The van der Waals surface area contributed by atoms with Gasteiger partial charge in [0.25, 0.3) is 0 Å². The molecule has 0 aliphatic heterocycles. The molecule has 1 N–H and O–H groups in total. The van der Waals surface area contributed by atoms with Crippen molar-refractivity contribution in [1.82, 2.24) is 4.98 Å². The van der Waals surface area contributed by atoms with Crippen LogP contribution in [0.4, 0.5) is 0 Å². The maximum absolute atomic E-state index is 10.6. The number of hydrogen-bond acceptors (Lipinski definition) is 3. The average molecular weight is 146 g/mol. The zero-order valence-corrected chi connectivity index (χ0v) is 5.86. The Morgan fingerprint density at radius 1 is 1.75 bits per heavy atom. The average Bonchev–Trinajstić information content (AvgIpc) is 1.85. The Balaban J connectivity index is 3.35. The molecule has 0 saturated heterocycles. The molecule has 1 aromatic rings. The van der Waals surface area contributed by atoms with E-state index in [1.165, 1.54) is 0 Å². The molecule has 1 heterocycles. The lowest BCUT2D eigenvalue weighted by Gasteiger charge is -1.95. The molecule has 0 aromatic carbocycles. The second kappa shape index (κ2) is 1.87. The number of aromatic nitrogens is 1. The molecule has 0 bridgehead atoms. The molecule has 44 valence electrons. The summed E-state index contributed by atoms with van der Waals surface area (Å²) in [7, 11) is 0. The van der Waals surface area contributed by atoms with Gasteiger partial charge in [0.05, 0.1) is 0 Å². The van der Waals surface area contributed by atoms with E-state index in [9.17, 15) is 5.11 Å². The standard InChI is InChI=1S/C4H5NOS2/c1-2-3(6)8-4(7)5-2/h6H,1H3,(H,5,7)/p-1. The first-order valence-electron chi connectivity index (χ1n) is 2.07. The molecule has 0 aliphatic rings. The first-order valence-corrected chi connectivity index (χ1v) is 3.29. The van der Waals surface area contributed by atoms with Gasteiger partial charge < -0.3 is 10.1 Å². The fourth-order valence-corrected chi connectivity index (χ4v) is 1.35. The van der Waals surface area contributed by atoms with Gasteiger partial charge in [-0.05, 0) is 24.2 Å². The third-order valence-corrected chi connectivity index (χ3v) is 1.91. The van der Waals surface area contributed by atoms with Crippen LogP contribution in [0, 0.1) is 10.9 Å². The lowest BCUT2D eigenvalue weighted by molar-refractivity contribution is -0.263. The second-order valence-electron chi connectivity index (χ2n) is 1.43. The van der Waals surface area contributed by atoms with Crippen LogP contribution >= 0.6 is 23.6 Å². The van der Waals surface area contributed by atoms with Crippen LogP contribution < -0.4 is 5.11 Å². The maximum Gasteiger partial charge on any atom is 0.157 e. The summed E-state index contributed by atoms with van der Waals surface area (Å²) in [5.74, 6) is 0. The zero-order chi connectivity index (χ0) is 6.15. The monoisotopic (exact) mass is 146 g/mol. The molecule has 0 aliphatic carbocycles. The Hall–Kier alpha value is -0.350. The highest BCUT2D eigenvalue weighted by molar-refractivity contribution is 7.73. The van der Waals surface area contributed by atoms with E-state index in [-0.39, 0.29) is 5.06 Å². The highest BCUT2D eigenvalue weighted by Gasteiger charge is 1.85. The van der Waals surface area contributed by atoms with Crippen LogP contribution in [0.2, 0.25) is 0 Å². The third kappa shape index (κ3) is 0.900. The van der Waals surface area contributed by atoms with Crippen molar-refractivity contribution in [3.63, 3.8) is 0 Å². The Kier molecular flexibility index (Phi) is 1.35. The summed E-state index contributed by atoms with van der Waals surface area (Å²) in [6.07, 6.45) is 0. The van der Waals surface area contributed by atoms with E-state index in [4.69, 9.17) is 0 Å². The molecular weight excluding hydrogens is 142 g/mol. The Labute approximate surface area is 55.8 Å². The van der Waals surface area contributed by atoms with Crippen molar-refractivity contribution in [3.8, 4) is 5.06 Å². The minimum Gasteiger partial charge on any atom is -0.864 e. The van der Waals surface area contributed by atoms with E-state index in [1.54, 1.807) is 6.92 Å². The summed E-state index contributed by atoms with van der Waals surface area (Å²) in [6, 6.07) is 0. The Bertz CT molecular complexity index is 214. The predicted molar refractivity (Wildman–Crippen MR) is 33.7 cm³/mol. The van der Waals surface area contributed by atoms with E-state index in [0.29, 0.717) is 9.65 Å². The summed E-state index contributed by atoms with van der Waals surface area (Å²) >= 11 is 5.76. The first kappa shape index (κ1) is 5.78. The summed E-state index contributed by atoms with van der Waals surface area (Å²) < 4.78 is 0.563. The molecule has 0 saturated carbocycles. The SMILES string of the molecule is Cc1[nH]c(=S)sc1[O-]. The molecule has 2 nitrogen and oxygen atoms in total. The van der Waals surface area contributed by atoms with E-state index in [2.05, 4.69) is 17.2 Å². The van der Waals surface area contributed by atoms with E-state index in [0.717, 1.165) is 11.3 Å². The van der Waals surface area contributed by atoms with Gasteiger partial charge in [0.2, 0.25) is 0 Å². The van der Waals surface area contributed by atoms with Gasteiger partial charge in [-0.1, -0.05) is 0 Å². The lowest BCUT2D eigenvalue weighted by atomic mass is 10.6. The van der Waals surface area contributed by atoms with Crippen LogP contribution in [-0.4, -0.2) is 4.98 Å². The van der Waals surface area contributed by atoms with Crippen molar-refractivity contribution in [3.05, 3.63) is 9.65 Å². The van der Waals surface area contributed by atoms with Crippen molar-refractivity contribution < 1.29 is 5.11 Å². The largest absolute Gasteiger partial charge is 0.864 e. The molecule has 0 fully saturated rings. The fraction of sp³-hybridized carbons (Fsp3) is 0.250. The smallest absolute Gasteiger partial charge is 0.157 e. The van der Waals surface area contributed by atoms with Gasteiger partial charge in [0.1, 0.15) is 0 Å². The van der Waals surface area contributed by atoms with Gasteiger partial charge in [-0.15, -0.1) is 11.3 Å². The molecule has 0 unspecified atom stereocenters. The molecule has 4 heteroatoms. The summed E-state index contributed by atoms with van der Waals surface area (Å²) in [6.45, 7) is 1.72. The summed E-state index contributed by atoms with van der Waals surface area (Å²) in [4.78, 5) is 2.73. The van der Waals surface area contributed by atoms with Gasteiger partial charge >= 0.3 is 0 Å². The Morgan fingerprint density at radius 3 is 2.50 bits per heavy atom. The maximum atomic E-state index is 10.6. The van der Waals surface area contributed by atoms with Crippen molar-refractivity contribution in [2.75, 3.05) is 0 Å². The minimum atomic E-state index is 0.0370. The summed E-state index contributed by atoms with van der Waals surface area (Å²) in [5, 5.41) is 10.6. The van der Waals surface area contributed by atoms with Gasteiger partial charge in [-0.25, -0.2) is 0 Å². The number of H-pyrrole nitrogens is 1. The number of nitrogens with one attached hydrogen (secondary N) is 1. The van der Waals surface area contributed by atoms with E-state index >= 15 is 0 Å². The van der Waals surface area contributed by atoms with Gasteiger partial charge in [0, 0.05) is 5.69 Å². The lowest BCUT2D eigenvalue weighted by Crippen LogP contribution is -1.86. The molecule has 0 atom stereocenters. The third-order valence-electron chi connectivity index (χ3n) is 0.781. The van der Waals surface area contributed by atoms with Crippen LogP contribution in [0.5, 0.6) is 5.06 Å². The quantitative estimate of drug-likeness (QED) is 0.558. The van der Waals surface area contributed by atoms with E-state index in [1.807, 2.05) is 0 Å². The second-order valence-corrected chi connectivity index (χ2v) is 3.08. The number of aromatic amines is 1. The van der Waals surface area contributed by atoms with Crippen molar-refractivity contribution in [2.24, 2.45) is 0 Å². The molecule has 0 amide bonds. The number of thiazole rings is 1. The van der Waals surface area contributed by atoms with Crippen molar-refractivity contribution >= 4 is 23.6 Å². The molecule has 8 heavy (non-hydrogen) atoms. The highest BCUT2D eigenvalue weighted by Crippen LogP contribution is 2.17. The summed E-state index contributed by atoms with van der Waals surface area (Å²) in [5.41, 5.74) is 0.639. The van der Waals surface area contributed by atoms with Crippen LogP contribution in [0.15, 0.2) is 0 Å². The van der Waals surface area contributed by atoms with Gasteiger partial charge in [-0.3, -0.25) is 0 Å². The van der Waals surface area contributed by atoms with Gasteiger partial charge in [-0.2, -0.15) is 0 Å². The van der Waals surface area contributed by atoms with E-state index < -0.39 is 0 Å². The molecule has 0 radical (unpaired) electrons. The molecule has 1 rings (SSSR count). The van der Waals surface area contributed by atoms with Gasteiger partial charge in [0.15, 0.2) is 3.95 Å². The highest BCUT2D eigenvalue weighted by atomic mass is 32.1. The molecule has 0 spiro atoms. The van der Waals surface area contributed by atoms with Crippen molar-refractivity contribution in [1.29, 1.82) is 0 Å².